The van der Waals surface area contributed by atoms with E-state index in [-0.39, 0.29) is 11.3 Å². The van der Waals surface area contributed by atoms with Gasteiger partial charge in [0.1, 0.15) is 11.5 Å². The maximum absolute atomic E-state index is 12.5. The van der Waals surface area contributed by atoms with Crippen molar-refractivity contribution in [2.75, 3.05) is 26.6 Å². The lowest BCUT2D eigenvalue weighted by molar-refractivity contribution is -0.117. The Labute approximate surface area is 168 Å². The third-order valence-electron chi connectivity index (χ3n) is 3.85. The number of tetrazole rings is 1. The first-order valence-electron chi connectivity index (χ1n) is 8.19. The Kier molecular flexibility index (Phi) is 5.93. The first-order valence-corrected chi connectivity index (χ1v) is 9.07. The largest absolute Gasteiger partial charge is 0.493 e. The van der Waals surface area contributed by atoms with E-state index in [4.69, 9.17) is 14.2 Å². The molecule has 0 aliphatic carbocycles. The van der Waals surface area contributed by atoms with Gasteiger partial charge in [0, 0.05) is 12.1 Å². The van der Waals surface area contributed by atoms with E-state index in [1.54, 1.807) is 17.5 Å². The zero-order valence-corrected chi connectivity index (χ0v) is 16.6. The Balaban J connectivity index is 1.85. The summed E-state index contributed by atoms with van der Waals surface area (Å²) in [6, 6.07) is 6.29. The lowest BCUT2D eigenvalue weighted by atomic mass is 10.1. The number of nitrogens with one attached hydrogen (secondary N) is 1. The van der Waals surface area contributed by atoms with Crippen molar-refractivity contribution in [1.29, 1.82) is 0 Å². The standard InChI is InChI=1S/C17H17N5O6S/c1-26-12-7-10(16(24)28-3)11(8-13(12)27-2)18-14(23)9-21-17(25)22(20-19-21)15-5-4-6-29-15/h4-8H,9H2,1-3H3,(H,18,23). The highest BCUT2D eigenvalue weighted by atomic mass is 32.1. The summed E-state index contributed by atoms with van der Waals surface area (Å²) in [5.41, 5.74) is -0.366. The monoisotopic (exact) mass is 419 g/mol. The van der Waals surface area contributed by atoms with Gasteiger partial charge in [0.05, 0.1) is 32.6 Å². The molecule has 0 aliphatic rings. The molecule has 11 nitrogen and oxygen atoms in total. The van der Waals surface area contributed by atoms with Crippen LogP contribution in [0.5, 0.6) is 11.5 Å². The number of thiophene rings is 1. The maximum atomic E-state index is 12.5. The topological polar surface area (TPSA) is 127 Å². The van der Waals surface area contributed by atoms with E-state index in [0.717, 1.165) is 9.36 Å². The molecular formula is C17H17N5O6S. The average Bonchev–Trinajstić information content (AvgIpc) is 3.37. The lowest BCUT2D eigenvalue weighted by Gasteiger charge is -2.14. The second-order valence-electron chi connectivity index (χ2n) is 5.57. The van der Waals surface area contributed by atoms with Crippen LogP contribution in [0, 0.1) is 0 Å². The molecule has 0 aliphatic heterocycles. The van der Waals surface area contributed by atoms with E-state index in [1.165, 1.54) is 44.8 Å². The molecule has 0 unspecified atom stereocenters. The third kappa shape index (κ3) is 4.11. The minimum Gasteiger partial charge on any atom is -0.493 e. The Morgan fingerprint density at radius 2 is 1.86 bits per heavy atom. The number of carbonyl (C=O) groups excluding carboxylic acids is 2. The summed E-state index contributed by atoms with van der Waals surface area (Å²) < 4.78 is 17.1. The molecule has 0 spiro atoms. The molecule has 0 bridgehead atoms. The van der Waals surface area contributed by atoms with Gasteiger partial charge >= 0.3 is 11.7 Å². The zero-order valence-electron chi connectivity index (χ0n) is 15.7. The van der Waals surface area contributed by atoms with Crippen LogP contribution in [0.1, 0.15) is 10.4 Å². The number of methoxy groups -OCH3 is 3. The fraction of sp³-hybridized carbons (Fsp3) is 0.235. The van der Waals surface area contributed by atoms with Crippen LogP contribution in [0.4, 0.5) is 5.69 Å². The highest BCUT2D eigenvalue weighted by molar-refractivity contribution is 7.12. The molecular weight excluding hydrogens is 402 g/mol. The van der Waals surface area contributed by atoms with Crippen molar-refractivity contribution in [1.82, 2.24) is 19.8 Å². The van der Waals surface area contributed by atoms with Gasteiger partial charge in [-0.25, -0.2) is 9.59 Å². The van der Waals surface area contributed by atoms with E-state index < -0.39 is 24.1 Å². The number of hydrogen-bond acceptors (Lipinski definition) is 9. The van der Waals surface area contributed by atoms with Crippen molar-refractivity contribution < 1.29 is 23.8 Å². The normalized spacial score (nSPS) is 10.4. The number of anilines is 1. The van der Waals surface area contributed by atoms with Crippen molar-refractivity contribution in [3.8, 4) is 16.5 Å². The number of ether oxygens (including phenoxy) is 3. The minimum absolute atomic E-state index is 0.0630. The number of rotatable bonds is 7. The van der Waals surface area contributed by atoms with Crippen molar-refractivity contribution in [3.63, 3.8) is 0 Å². The summed E-state index contributed by atoms with van der Waals surface area (Å²) in [6.07, 6.45) is 0. The smallest absolute Gasteiger partial charge is 0.369 e. The van der Waals surface area contributed by atoms with E-state index in [9.17, 15) is 14.4 Å². The van der Waals surface area contributed by atoms with Crippen LogP contribution < -0.4 is 20.5 Å². The molecule has 12 heteroatoms. The number of amides is 1. The second kappa shape index (κ2) is 8.56. The Morgan fingerprint density at radius 1 is 1.14 bits per heavy atom. The lowest BCUT2D eigenvalue weighted by Crippen LogP contribution is -2.29. The summed E-state index contributed by atoms with van der Waals surface area (Å²) in [4.78, 5) is 36.9. The van der Waals surface area contributed by atoms with Gasteiger partial charge in [0.25, 0.3) is 0 Å². The number of hydrogen-bond donors (Lipinski definition) is 1. The van der Waals surface area contributed by atoms with Crippen LogP contribution in [0.15, 0.2) is 34.4 Å². The van der Waals surface area contributed by atoms with Crippen LogP contribution in [0.2, 0.25) is 0 Å². The summed E-state index contributed by atoms with van der Waals surface area (Å²) in [6.45, 7) is -0.404. The fourth-order valence-electron chi connectivity index (χ4n) is 2.49. The van der Waals surface area contributed by atoms with Crippen LogP contribution in [0.25, 0.3) is 5.00 Å². The molecule has 1 aromatic carbocycles. The van der Waals surface area contributed by atoms with E-state index in [1.807, 2.05) is 0 Å². The van der Waals surface area contributed by atoms with Crippen LogP contribution in [0.3, 0.4) is 0 Å². The Hall–Kier alpha value is -3.67. The summed E-state index contributed by atoms with van der Waals surface area (Å²) in [7, 11) is 4.05. The quantitative estimate of drug-likeness (QED) is 0.561. The van der Waals surface area contributed by atoms with E-state index in [2.05, 4.69) is 15.7 Å². The van der Waals surface area contributed by atoms with Gasteiger partial charge in [-0.05, 0) is 27.9 Å². The van der Waals surface area contributed by atoms with Gasteiger partial charge in [-0.1, -0.05) is 0 Å². The molecule has 0 saturated heterocycles. The van der Waals surface area contributed by atoms with Gasteiger partial charge in [0.15, 0.2) is 11.5 Å². The molecule has 29 heavy (non-hydrogen) atoms. The second-order valence-corrected chi connectivity index (χ2v) is 6.50. The highest BCUT2D eigenvalue weighted by Crippen LogP contribution is 2.33. The van der Waals surface area contributed by atoms with Crippen molar-refractivity contribution in [2.24, 2.45) is 0 Å². The van der Waals surface area contributed by atoms with E-state index >= 15 is 0 Å². The fourth-order valence-corrected chi connectivity index (χ4v) is 3.16. The number of esters is 1. The van der Waals surface area contributed by atoms with Gasteiger partial charge in [-0.15, -0.1) is 11.3 Å². The van der Waals surface area contributed by atoms with Crippen molar-refractivity contribution in [3.05, 3.63) is 45.7 Å². The molecule has 3 rings (SSSR count). The number of benzene rings is 1. The number of aromatic nitrogens is 4. The Bertz CT molecular complexity index is 1090. The molecule has 2 aromatic heterocycles. The molecule has 1 amide bonds. The molecule has 0 fully saturated rings. The molecule has 1 N–H and O–H groups in total. The van der Waals surface area contributed by atoms with Crippen LogP contribution >= 0.6 is 11.3 Å². The van der Waals surface area contributed by atoms with Crippen LogP contribution in [-0.4, -0.2) is 53.0 Å². The highest BCUT2D eigenvalue weighted by Gasteiger charge is 2.20. The van der Waals surface area contributed by atoms with Crippen LogP contribution in [-0.2, 0) is 16.1 Å². The molecule has 152 valence electrons. The van der Waals surface area contributed by atoms with Gasteiger partial charge in [-0.2, -0.15) is 9.36 Å². The third-order valence-corrected chi connectivity index (χ3v) is 4.69. The molecule has 3 aromatic rings. The van der Waals surface area contributed by atoms with E-state index in [0.29, 0.717) is 16.5 Å². The van der Waals surface area contributed by atoms with Gasteiger partial charge in [-0.3, -0.25) is 4.79 Å². The molecule has 2 heterocycles. The predicted molar refractivity (Wildman–Crippen MR) is 103 cm³/mol. The average molecular weight is 419 g/mol. The van der Waals surface area contributed by atoms with Crippen molar-refractivity contribution >= 4 is 28.9 Å². The molecule has 0 radical (unpaired) electrons. The zero-order chi connectivity index (χ0) is 21.0. The Morgan fingerprint density at radius 3 is 2.48 bits per heavy atom. The SMILES string of the molecule is COC(=O)c1cc(OC)c(OC)cc1NC(=O)Cn1nnn(-c2cccs2)c1=O. The number of carbonyl (C=O) groups is 2. The summed E-state index contributed by atoms with van der Waals surface area (Å²) in [5, 5.41) is 12.4. The summed E-state index contributed by atoms with van der Waals surface area (Å²) >= 11 is 1.31. The minimum atomic E-state index is -0.679. The van der Waals surface area contributed by atoms with Gasteiger partial charge in [0.2, 0.25) is 5.91 Å². The maximum Gasteiger partial charge on any atom is 0.369 e. The summed E-state index contributed by atoms with van der Waals surface area (Å²) in [5.74, 6) is -0.679. The first kappa shape index (κ1) is 20.1. The van der Waals surface area contributed by atoms with Gasteiger partial charge < -0.3 is 19.5 Å². The number of nitrogens with zero attached hydrogens (tertiary/aromatic N) is 4. The first-order chi connectivity index (χ1) is 14.0. The molecule has 0 atom stereocenters. The molecule has 0 saturated carbocycles. The predicted octanol–water partition coefficient (Wildman–Crippen LogP) is 0.933. The van der Waals surface area contributed by atoms with Crippen molar-refractivity contribution in [2.45, 2.75) is 6.54 Å².